The average Bonchev–Trinajstić information content (AvgIpc) is 3.06. The van der Waals surface area contributed by atoms with Crippen molar-refractivity contribution >= 4 is 28.7 Å². The monoisotopic (exact) mass is 277 g/mol. The summed E-state index contributed by atoms with van der Waals surface area (Å²) < 4.78 is 0. The van der Waals surface area contributed by atoms with E-state index in [4.69, 9.17) is 0 Å². The van der Waals surface area contributed by atoms with Crippen molar-refractivity contribution in [2.75, 3.05) is 11.9 Å². The SMILES string of the molecule is CCCNc1nc(SC2CCCC2)c2cn[nH]c2n1. The maximum atomic E-state index is 4.65. The molecule has 1 aliphatic rings. The normalized spacial score (nSPS) is 16.3. The number of hydrogen-bond donors (Lipinski definition) is 2. The van der Waals surface area contributed by atoms with Gasteiger partial charge in [0.05, 0.1) is 11.6 Å². The van der Waals surface area contributed by atoms with Crippen molar-refractivity contribution in [3.8, 4) is 0 Å². The van der Waals surface area contributed by atoms with Gasteiger partial charge in [-0.3, -0.25) is 5.10 Å². The second-order valence-corrected chi connectivity index (χ2v) is 6.22. The standard InChI is InChI=1S/C13H19N5S/c1-2-7-14-13-16-11-10(8-15-18-11)12(17-13)19-9-5-3-4-6-9/h8-9H,2-7H2,1H3,(H2,14,15,16,17,18). The van der Waals surface area contributed by atoms with Crippen molar-refractivity contribution in [1.82, 2.24) is 20.2 Å². The van der Waals surface area contributed by atoms with E-state index in [1.54, 1.807) is 0 Å². The molecule has 2 N–H and O–H groups in total. The molecular formula is C13H19N5S. The van der Waals surface area contributed by atoms with E-state index in [1.165, 1.54) is 25.7 Å². The maximum Gasteiger partial charge on any atom is 0.225 e. The third-order valence-electron chi connectivity index (χ3n) is 3.39. The highest BCUT2D eigenvalue weighted by atomic mass is 32.2. The summed E-state index contributed by atoms with van der Waals surface area (Å²) in [5, 5.41) is 13.1. The van der Waals surface area contributed by atoms with Crippen LogP contribution in [0.4, 0.5) is 5.95 Å². The Morgan fingerprint density at radius 1 is 1.37 bits per heavy atom. The summed E-state index contributed by atoms with van der Waals surface area (Å²) in [6.45, 7) is 3.03. The van der Waals surface area contributed by atoms with Crippen molar-refractivity contribution in [2.45, 2.75) is 49.3 Å². The van der Waals surface area contributed by atoms with Crippen LogP contribution < -0.4 is 5.32 Å². The molecule has 0 aromatic carbocycles. The van der Waals surface area contributed by atoms with Crippen molar-refractivity contribution in [3.05, 3.63) is 6.20 Å². The quantitative estimate of drug-likeness (QED) is 0.821. The lowest BCUT2D eigenvalue weighted by Gasteiger charge is -2.10. The van der Waals surface area contributed by atoms with E-state index in [0.29, 0.717) is 11.2 Å². The van der Waals surface area contributed by atoms with Crippen LogP contribution in [-0.4, -0.2) is 32.0 Å². The van der Waals surface area contributed by atoms with Gasteiger partial charge in [-0.1, -0.05) is 19.8 Å². The molecule has 0 spiro atoms. The zero-order chi connectivity index (χ0) is 13.1. The first kappa shape index (κ1) is 12.7. The number of anilines is 1. The molecule has 0 amide bonds. The van der Waals surface area contributed by atoms with E-state index in [0.717, 1.165) is 29.0 Å². The number of rotatable bonds is 5. The summed E-state index contributed by atoms with van der Waals surface area (Å²) in [4.78, 5) is 9.11. The lowest BCUT2D eigenvalue weighted by Crippen LogP contribution is -2.06. The highest BCUT2D eigenvalue weighted by Crippen LogP contribution is 2.36. The van der Waals surface area contributed by atoms with Gasteiger partial charge in [0.15, 0.2) is 5.65 Å². The van der Waals surface area contributed by atoms with Crippen LogP contribution >= 0.6 is 11.8 Å². The molecule has 0 saturated heterocycles. The molecule has 0 aliphatic heterocycles. The largest absolute Gasteiger partial charge is 0.354 e. The van der Waals surface area contributed by atoms with Crippen LogP contribution in [-0.2, 0) is 0 Å². The Morgan fingerprint density at radius 2 is 2.21 bits per heavy atom. The highest BCUT2D eigenvalue weighted by Gasteiger charge is 2.19. The predicted octanol–water partition coefficient (Wildman–Crippen LogP) is 3.21. The Kier molecular flexibility index (Phi) is 3.87. The van der Waals surface area contributed by atoms with Gasteiger partial charge in [-0.25, -0.2) is 4.98 Å². The Labute approximate surface area is 117 Å². The molecule has 0 atom stereocenters. The first-order chi connectivity index (χ1) is 9.36. The number of thioether (sulfide) groups is 1. The van der Waals surface area contributed by atoms with Crippen molar-refractivity contribution < 1.29 is 0 Å². The smallest absolute Gasteiger partial charge is 0.225 e. The third-order valence-corrected chi connectivity index (χ3v) is 4.73. The Hall–Kier alpha value is -1.30. The molecule has 3 rings (SSSR count). The van der Waals surface area contributed by atoms with E-state index < -0.39 is 0 Å². The topological polar surface area (TPSA) is 66.5 Å². The molecule has 2 aromatic heterocycles. The summed E-state index contributed by atoms with van der Waals surface area (Å²) in [6, 6.07) is 0. The van der Waals surface area contributed by atoms with Gasteiger partial charge in [-0.15, -0.1) is 11.8 Å². The number of hydrogen-bond acceptors (Lipinski definition) is 5. The van der Waals surface area contributed by atoms with Crippen LogP contribution in [0, 0.1) is 0 Å². The lowest BCUT2D eigenvalue weighted by molar-refractivity contribution is 0.886. The maximum absolute atomic E-state index is 4.65. The second-order valence-electron chi connectivity index (χ2n) is 4.94. The number of aromatic amines is 1. The minimum Gasteiger partial charge on any atom is -0.354 e. The van der Waals surface area contributed by atoms with Crippen LogP contribution in [0.5, 0.6) is 0 Å². The summed E-state index contributed by atoms with van der Waals surface area (Å²) >= 11 is 1.88. The highest BCUT2D eigenvalue weighted by molar-refractivity contribution is 8.00. The first-order valence-corrected chi connectivity index (χ1v) is 7.86. The van der Waals surface area contributed by atoms with Gasteiger partial charge in [0, 0.05) is 11.8 Å². The molecule has 2 aromatic rings. The van der Waals surface area contributed by atoms with E-state index in [1.807, 2.05) is 18.0 Å². The number of nitrogens with zero attached hydrogens (tertiary/aromatic N) is 3. The molecule has 1 fully saturated rings. The van der Waals surface area contributed by atoms with Crippen molar-refractivity contribution in [1.29, 1.82) is 0 Å². The first-order valence-electron chi connectivity index (χ1n) is 6.98. The van der Waals surface area contributed by atoms with Crippen LogP contribution in [0.25, 0.3) is 11.0 Å². The molecule has 102 valence electrons. The van der Waals surface area contributed by atoms with Gasteiger partial charge in [0.25, 0.3) is 0 Å². The van der Waals surface area contributed by atoms with Crippen LogP contribution in [0.1, 0.15) is 39.0 Å². The average molecular weight is 277 g/mol. The molecule has 1 aliphatic carbocycles. The Bertz CT molecular complexity index is 547. The third kappa shape index (κ3) is 2.83. The van der Waals surface area contributed by atoms with Crippen LogP contribution in [0.15, 0.2) is 11.2 Å². The van der Waals surface area contributed by atoms with E-state index >= 15 is 0 Å². The molecule has 2 heterocycles. The van der Waals surface area contributed by atoms with Crippen LogP contribution in [0.2, 0.25) is 0 Å². The van der Waals surface area contributed by atoms with Gasteiger partial charge >= 0.3 is 0 Å². The van der Waals surface area contributed by atoms with Gasteiger partial charge < -0.3 is 5.32 Å². The molecule has 5 nitrogen and oxygen atoms in total. The van der Waals surface area contributed by atoms with E-state index in [-0.39, 0.29) is 0 Å². The Morgan fingerprint density at radius 3 is 3.00 bits per heavy atom. The van der Waals surface area contributed by atoms with Gasteiger partial charge in [-0.2, -0.15) is 10.1 Å². The van der Waals surface area contributed by atoms with Gasteiger partial charge in [0.1, 0.15) is 5.03 Å². The summed E-state index contributed by atoms with van der Waals surface area (Å²) in [7, 11) is 0. The van der Waals surface area contributed by atoms with Gasteiger partial charge in [0.2, 0.25) is 5.95 Å². The number of aromatic nitrogens is 4. The summed E-state index contributed by atoms with van der Waals surface area (Å²) in [6.07, 6.45) is 8.18. The van der Waals surface area contributed by atoms with Crippen molar-refractivity contribution in [3.63, 3.8) is 0 Å². The molecule has 0 unspecified atom stereocenters. The molecular weight excluding hydrogens is 258 g/mol. The van der Waals surface area contributed by atoms with E-state index in [9.17, 15) is 0 Å². The molecule has 6 heteroatoms. The van der Waals surface area contributed by atoms with Crippen LogP contribution in [0.3, 0.4) is 0 Å². The number of nitrogens with one attached hydrogen (secondary N) is 2. The second kappa shape index (κ2) is 5.77. The lowest BCUT2D eigenvalue weighted by atomic mass is 10.4. The summed E-state index contributed by atoms with van der Waals surface area (Å²) in [5.74, 6) is 0.707. The predicted molar refractivity (Wildman–Crippen MR) is 78.6 cm³/mol. The fraction of sp³-hybridized carbons (Fsp3) is 0.615. The molecule has 19 heavy (non-hydrogen) atoms. The molecule has 0 radical (unpaired) electrons. The van der Waals surface area contributed by atoms with E-state index in [2.05, 4.69) is 32.4 Å². The zero-order valence-electron chi connectivity index (χ0n) is 11.1. The minimum atomic E-state index is 0.701. The fourth-order valence-corrected chi connectivity index (χ4v) is 3.68. The molecule has 0 bridgehead atoms. The minimum absolute atomic E-state index is 0.701. The zero-order valence-corrected chi connectivity index (χ0v) is 12.0. The molecule has 1 saturated carbocycles. The van der Waals surface area contributed by atoms with Crippen molar-refractivity contribution in [2.24, 2.45) is 0 Å². The fourth-order valence-electron chi connectivity index (χ4n) is 2.38. The number of fused-ring (bicyclic) bond motifs is 1. The summed E-state index contributed by atoms with van der Waals surface area (Å²) in [5.41, 5.74) is 0.828. The number of H-pyrrole nitrogens is 1. The Balaban J connectivity index is 1.88. The van der Waals surface area contributed by atoms with Gasteiger partial charge in [-0.05, 0) is 19.3 Å².